The van der Waals surface area contributed by atoms with Crippen LogP contribution in [-0.4, -0.2) is 59.1 Å². The van der Waals surface area contributed by atoms with Crippen LogP contribution in [0, 0.1) is 0 Å². The van der Waals surface area contributed by atoms with E-state index in [1.165, 1.54) is 0 Å². The van der Waals surface area contributed by atoms with Gasteiger partial charge in [0, 0.05) is 0 Å². The van der Waals surface area contributed by atoms with Crippen LogP contribution in [0.2, 0.25) is 0 Å². The van der Waals surface area contributed by atoms with Crippen LogP contribution in [0.25, 0.3) is 0 Å². The van der Waals surface area contributed by atoms with E-state index < -0.39 is 0 Å². The number of hydrogen-bond acceptors (Lipinski definition) is 0. The van der Waals surface area contributed by atoms with E-state index in [0.29, 0.717) is 0 Å². The molecule has 0 unspecified atom stereocenters. The van der Waals surface area contributed by atoms with Gasteiger partial charge in [-0.3, -0.25) is 0 Å². The summed E-state index contributed by atoms with van der Waals surface area (Å²) in [4.78, 5) is 0. The fourth-order valence-electron chi connectivity index (χ4n) is 0. The first-order valence-electron chi connectivity index (χ1n) is 0. The predicted molar refractivity (Wildman–Crippen MR) is 30.6 cm³/mol. The second-order valence-corrected chi connectivity index (χ2v) is 0. The van der Waals surface area contributed by atoms with Gasteiger partial charge in [0.1, 0.15) is 0 Å². The van der Waals surface area contributed by atoms with Gasteiger partial charge < -0.3 is 5.48 Å². The molecular formula is H9Al2LiO. The zero-order chi connectivity index (χ0) is 0. The molecule has 0 amide bonds. The first-order valence-corrected chi connectivity index (χ1v) is 0. The molecule has 0 aliphatic carbocycles. The Morgan fingerprint density at radius 2 is 0.750 bits per heavy atom. The van der Waals surface area contributed by atoms with Gasteiger partial charge in [-0.15, -0.1) is 0 Å². The Bertz CT molecular complexity index is 6.00. The fraction of sp³-hybridized carbons (Fsp3) is 0. The van der Waals surface area contributed by atoms with Crippen molar-refractivity contribution >= 4 is 53.6 Å². The average molecular weight is 86.0 g/mol. The Kier molecular flexibility index (Phi) is 263. The molecule has 4 heteroatoms. The molecule has 0 aromatic carbocycles. The Balaban J connectivity index is 0. The minimum absolute atomic E-state index is 0. The number of rotatable bonds is 0. The molecule has 2 N–H and O–H groups in total. The second kappa shape index (κ2) is 23.0. The molecule has 0 spiro atoms. The monoisotopic (exact) mass is 86.0 g/mol. The first-order chi connectivity index (χ1) is 0. The quantitative estimate of drug-likeness (QED) is 0.270. The molecule has 0 atom stereocenters. The van der Waals surface area contributed by atoms with Gasteiger partial charge in [-0.2, -0.15) is 0 Å². The standard InChI is InChI=1S/2Al.Li.H2O.7H/h;;;1H2;;;;;;;. The second-order valence-electron chi connectivity index (χ2n) is 0. The summed E-state index contributed by atoms with van der Waals surface area (Å²) in [5, 5.41) is 0. The molecule has 0 aromatic rings. The van der Waals surface area contributed by atoms with Crippen LogP contribution in [-0.2, 0) is 0 Å². The molecule has 0 radical (unpaired) electrons. The molecule has 0 heterocycles. The molecule has 0 rings (SSSR count). The third-order valence-electron chi connectivity index (χ3n) is 0. The van der Waals surface area contributed by atoms with Crippen molar-refractivity contribution in [2.24, 2.45) is 0 Å². The maximum atomic E-state index is 0. The molecule has 0 bridgehead atoms. The van der Waals surface area contributed by atoms with Gasteiger partial charge in [0.15, 0.2) is 34.7 Å². The van der Waals surface area contributed by atoms with Crippen molar-refractivity contribution in [2.75, 3.05) is 0 Å². The zero-order valence-corrected chi connectivity index (χ0v) is 0.500. The molecule has 1 nitrogen and oxygen atoms in total. The summed E-state index contributed by atoms with van der Waals surface area (Å²) in [7, 11) is 0. The Morgan fingerprint density at radius 3 is 0.750 bits per heavy atom. The van der Waals surface area contributed by atoms with Crippen LogP contribution in [0.15, 0.2) is 0 Å². The Labute approximate surface area is 58.9 Å². The molecule has 0 aromatic heterocycles. The third-order valence-corrected chi connectivity index (χ3v) is 0. The van der Waals surface area contributed by atoms with E-state index in [0.717, 1.165) is 0 Å². The van der Waals surface area contributed by atoms with Crippen LogP contribution < -0.4 is 0 Å². The number of hydrogen-bond donors (Lipinski definition) is 0. The van der Waals surface area contributed by atoms with Crippen molar-refractivity contribution in [3.05, 3.63) is 0 Å². The third kappa shape index (κ3) is 9.46. The summed E-state index contributed by atoms with van der Waals surface area (Å²) < 4.78 is 0. The summed E-state index contributed by atoms with van der Waals surface area (Å²) in [5.74, 6) is 0. The van der Waals surface area contributed by atoms with Gasteiger partial charge in [0.05, 0.1) is 0 Å². The normalized spacial score (nSPS) is 0. The van der Waals surface area contributed by atoms with Gasteiger partial charge in [-0.05, 0) is 0 Å². The van der Waals surface area contributed by atoms with Crippen molar-refractivity contribution in [1.29, 1.82) is 0 Å². The molecule has 0 saturated heterocycles. The molecule has 0 saturated carbocycles. The van der Waals surface area contributed by atoms with E-state index >= 15 is 0 Å². The van der Waals surface area contributed by atoms with Crippen molar-refractivity contribution in [2.45, 2.75) is 0 Å². The van der Waals surface area contributed by atoms with Crippen LogP contribution in [0.5, 0.6) is 0 Å². The van der Waals surface area contributed by atoms with Crippen LogP contribution >= 0.6 is 0 Å². The summed E-state index contributed by atoms with van der Waals surface area (Å²) in [5.41, 5.74) is 0. The van der Waals surface area contributed by atoms with Crippen molar-refractivity contribution in [3.63, 3.8) is 0 Å². The van der Waals surface area contributed by atoms with Gasteiger partial charge >= 0.3 is 18.9 Å². The van der Waals surface area contributed by atoms with E-state index in [4.69, 9.17) is 0 Å². The SMILES string of the molecule is O.[AlH3].[AlH3].[LiH]. The average Bonchev–Trinajstić information content (AvgIpc) is 0. The topological polar surface area (TPSA) is 31.5 Å². The summed E-state index contributed by atoms with van der Waals surface area (Å²) in [6.07, 6.45) is 0. The Morgan fingerprint density at radius 1 is 0.750 bits per heavy atom. The maximum absolute atomic E-state index is 0. The van der Waals surface area contributed by atoms with Crippen molar-refractivity contribution in [3.8, 4) is 0 Å². The summed E-state index contributed by atoms with van der Waals surface area (Å²) >= 11 is 0. The van der Waals surface area contributed by atoms with Crippen LogP contribution in [0.1, 0.15) is 0 Å². The van der Waals surface area contributed by atoms with E-state index in [1.807, 2.05) is 0 Å². The van der Waals surface area contributed by atoms with Gasteiger partial charge in [0.25, 0.3) is 0 Å². The predicted octanol–water partition coefficient (Wildman–Crippen LogP) is -3.84. The minimum atomic E-state index is 0. The Hall–Kier alpha value is 1.62. The van der Waals surface area contributed by atoms with Crippen LogP contribution in [0.4, 0.5) is 0 Å². The van der Waals surface area contributed by atoms with Crippen molar-refractivity contribution in [1.82, 2.24) is 0 Å². The first kappa shape index (κ1) is 45.6. The van der Waals surface area contributed by atoms with E-state index in [9.17, 15) is 0 Å². The summed E-state index contributed by atoms with van der Waals surface area (Å²) in [6, 6.07) is 0. The van der Waals surface area contributed by atoms with Crippen LogP contribution in [0.3, 0.4) is 0 Å². The van der Waals surface area contributed by atoms with Gasteiger partial charge in [-0.25, -0.2) is 0 Å². The molecule has 22 valence electrons. The van der Waals surface area contributed by atoms with Crippen molar-refractivity contribution < 1.29 is 5.48 Å². The van der Waals surface area contributed by atoms with E-state index in [2.05, 4.69) is 0 Å². The molecule has 0 fully saturated rings. The van der Waals surface area contributed by atoms with E-state index in [1.54, 1.807) is 0 Å². The molecule has 0 aliphatic heterocycles. The van der Waals surface area contributed by atoms with Gasteiger partial charge in [0.2, 0.25) is 0 Å². The molecule has 4 heavy (non-hydrogen) atoms. The fourth-order valence-corrected chi connectivity index (χ4v) is 0. The zero-order valence-electron chi connectivity index (χ0n) is 0.500. The van der Waals surface area contributed by atoms with E-state index in [-0.39, 0.29) is 59.1 Å². The van der Waals surface area contributed by atoms with Gasteiger partial charge in [-0.1, -0.05) is 0 Å². The molecule has 0 aliphatic rings. The molecular weight excluding hydrogens is 76.9 g/mol. The summed E-state index contributed by atoms with van der Waals surface area (Å²) in [6.45, 7) is 0.